The van der Waals surface area contributed by atoms with Crippen LogP contribution in [0.3, 0.4) is 0 Å². The molecule has 0 aliphatic carbocycles. The number of carbonyl (C=O) groups is 2. The first-order valence-corrected chi connectivity index (χ1v) is 12.6. The van der Waals surface area contributed by atoms with Crippen LogP contribution in [0.15, 0.2) is 103 Å². The number of rotatable bonds is 17. The molecule has 196 valence electrons. The summed E-state index contributed by atoms with van der Waals surface area (Å²) in [6.07, 6.45) is 32.8. The van der Waals surface area contributed by atoms with Gasteiger partial charge in [0.2, 0.25) is 0 Å². The number of aliphatic carboxylic acids is 2. The minimum Gasteiger partial charge on any atom is -0.481 e. The van der Waals surface area contributed by atoms with Crippen LogP contribution in [0.1, 0.15) is 63.9 Å². The van der Waals surface area contributed by atoms with Crippen LogP contribution in [0.25, 0.3) is 0 Å². The quantitative estimate of drug-likeness (QED) is 0.199. The zero-order chi connectivity index (χ0) is 26.7. The summed E-state index contributed by atoms with van der Waals surface area (Å²) < 4.78 is 0. The third-order valence-corrected chi connectivity index (χ3v) is 4.74. The second-order valence-electron chi connectivity index (χ2n) is 7.98. The first kappa shape index (κ1) is 32.6. The fourth-order valence-corrected chi connectivity index (χ4v) is 2.80. The third-order valence-electron chi connectivity index (χ3n) is 4.74. The van der Waals surface area contributed by atoms with Gasteiger partial charge in [-0.25, -0.2) is 0 Å². The van der Waals surface area contributed by atoms with Crippen LogP contribution in [0.2, 0.25) is 0 Å². The summed E-state index contributed by atoms with van der Waals surface area (Å²) >= 11 is 0. The van der Waals surface area contributed by atoms with Crippen molar-refractivity contribution in [2.24, 2.45) is 5.73 Å². The molecule has 0 saturated carbocycles. The lowest BCUT2D eigenvalue weighted by atomic mass is 10.1. The van der Waals surface area contributed by atoms with Crippen LogP contribution >= 0.6 is 0 Å². The van der Waals surface area contributed by atoms with Gasteiger partial charge in [0, 0.05) is 6.42 Å². The summed E-state index contributed by atoms with van der Waals surface area (Å²) in [6, 6.07) is 8.54. The van der Waals surface area contributed by atoms with Crippen LogP contribution < -0.4 is 5.73 Å². The summed E-state index contributed by atoms with van der Waals surface area (Å²) in [5.41, 5.74) is 6.30. The van der Waals surface area contributed by atoms with Gasteiger partial charge in [-0.05, 0) is 56.9 Å². The van der Waals surface area contributed by atoms with E-state index in [2.05, 4.69) is 67.7 Å². The second-order valence-corrected chi connectivity index (χ2v) is 7.98. The van der Waals surface area contributed by atoms with Crippen LogP contribution in [-0.4, -0.2) is 28.2 Å². The molecular formula is C31H43NO4. The van der Waals surface area contributed by atoms with Crippen molar-refractivity contribution < 1.29 is 19.8 Å². The Bertz CT molecular complexity index is 864. The van der Waals surface area contributed by atoms with Gasteiger partial charge in [0.05, 0.1) is 0 Å². The summed E-state index contributed by atoms with van der Waals surface area (Å²) in [4.78, 5) is 20.7. The predicted octanol–water partition coefficient (Wildman–Crippen LogP) is 7.19. The Kier molecular flexibility index (Phi) is 22.3. The Hall–Kier alpha value is -3.44. The molecule has 1 aromatic rings. The van der Waals surface area contributed by atoms with Gasteiger partial charge in [0.25, 0.3) is 0 Å². The highest BCUT2D eigenvalue weighted by atomic mass is 16.4. The highest BCUT2D eigenvalue weighted by Gasteiger charge is 2.10. The van der Waals surface area contributed by atoms with Gasteiger partial charge in [-0.15, -0.1) is 0 Å². The van der Waals surface area contributed by atoms with E-state index >= 15 is 0 Å². The predicted molar refractivity (Wildman–Crippen MR) is 151 cm³/mol. The van der Waals surface area contributed by atoms with Gasteiger partial charge in [0.15, 0.2) is 0 Å². The van der Waals surface area contributed by atoms with E-state index in [1.807, 2.05) is 42.5 Å². The summed E-state index contributed by atoms with van der Waals surface area (Å²) in [6.45, 7) is 2.15. The average Bonchev–Trinajstić information content (AvgIpc) is 2.86. The van der Waals surface area contributed by atoms with E-state index in [4.69, 9.17) is 15.9 Å². The molecule has 5 heteroatoms. The fourth-order valence-electron chi connectivity index (χ4n) is 2.80. The molecule has 0 saturated heterocycles. The topological polar surface area (TPSA) is 101 Å². The Morgan fingerprint density at radius 2 is 1.14 bits per heavy atom. The number of benzene rings is 1. The molecule has 4 N–H and O–H groups in total. The maximum Gasteiger partial charge on any atom is 0.320 e. The maximum absolute atomic E-state index is 10.4. The van der Waals surface area contributed by atoms with E-state index in [-0.39, 0.29) is 6.42 Å². The van der Waals surface area contributed by atoms with Crippen molar-refractivity contribution in [2.75, 3.05) is 0 Å². The molecule has 0 aromatic heterocycles. The number of allylic oxidation sites excluding steroid dienone is 12. The van der Waals surface area contributed by atoms with Gasteiger partial charge in [-0.3, -0.25) is 9.59 Å². The number of nitrogens with two attached hydrogens (primary N) is 1. The lowest BCUT2D eigenvalue weighted by molar-refractivity contribution is -0.138. The minimum absolute atomic E-state index is 0.210. The summed E-state index contributed by atoms with van der Waals surface area (Å²) in [7, 11) is 0. The normalized spacial score (nSPS) is 12.8. The van der Waals surface area contributed by atoms with Gasteiger partial charge in [0.1, 0.15) is 6.04 Å². The van der Waals surface area contributed by atoms with Gasteiger partial charge in [-0.2, -0.15) is 0 Å². The molecule has 0 heterocycles. The summed E-state index contributed by atoms with van der Waals surface area (Å²) in [5, 5.41) is 17.0. The Morgan fingerprint density at radius 3 is 1.53 bits per heavy atom. The molecule has 36 heavy (non-hydrogen) atoms. The number of hydrogen-bond acceptors (Lipinski definition) is 3. The van der Waals surface area contributed by atoms with Crippen molar-refractivity contribution in [3.63, 3.8) is 0 Å². The lowest BCUT2D eigenvalue weighted by Crippen LogP contribution is -2.32. The second kappa shape index (κ2) is 24.7. The van der Waals surface area contributed by atoms with Crippen molar-refractivity contribution in [3.05, 3.63) is 109 Å². The van der Waals surface area contributed by atoms with Crippen molar-refractivity contribution in [2.45, 2.75) is 70.8 Å². The molecule has 0 radical (unpaired) electrons. The molecule has 1 atom stereocenters. The molecule has 1 unspecified atom stereocenters. The van der Waals surface area contributed by atoms with E-state index < -0.39 is 18.0 Å². The van der Waals surface area contributed by atoms with E-state index in [0.717, 1.165) is 44.1 Å². The minimum atomic E-state index is -0.959. The maximum atomic E-state index is 10.4. The molecule has 1 aromatic carbocycles. The summed E-state index contributed by atoms with van der Waals surface area (Å²) in [5.74, 6) is -1.70. The number of hydrogen-bond donors (Lipinski definition) is 3. The SMILES string of the molecule is CC/C=C\C/C=C\C/C=C\C/C=C\C/C=C\C/C=C\CCC(=O)O.NC(Cc1ccccc1)C(=O)O. The fraction of sp³-hybridized carbons (Fsp3) is 0.355. The van der Waals surface area contributed by atoms with Crippen molar-refractivity contribution in [1.29, 1.82) is 0 Å². The smallest absolute Gasteiger partial charge is 0.320 e. The lowest BCUT2D eigenvalue weighted by Gasteiger charge is -2.04. The van der Waals surface area contributed by atoms with Crippen LogP contribution in [0.5, 0.6) is 0 Å². The van der Waals surface area contributed by atoms with Crippen LogP contribution in [0, 0.1) is 0 Å². The Morgan fingerprint density at radius 1 is 0.722 bits per heavy atom. The van der Waals surface area contributed by atoms with Gasteiger partial charge < -0.3 is 15.9 Å². The van der Waals surface area contributed by atoms with Gasteiger partial charge in [-0.1, -0.05) is 110 Å². The highest BCUT2D eigenvalue weighted by molar-refractivity contribution is 5.73. The molecule has 5 nitrogen and oxygen atoms in total. The number of carboxylic acid groups (broad SMARTS) is 2. The molecular weight excluding hydrogens is 450 g/mol. The van der Waals surface area contributed by atoms with Crippen LogP contribution in [0.4, 0.5) is 0 Å². The molecule has 0 aliphatic rings. The number of carboxylic acids is 2. The molecule has 0 spiro atoms. The first-order chi connectivity index (χ1) is 17.5. The van der Waals surface area contributed by atoms with E-state index in [1.165, 1.54) is 0 Å². The standard InChI is InChI=1S/C22H32O2.C9H11NO2/c1-2-3-4-5-6-7-8-9-10-11-12-13-14-15-16-17-18-19-20-21-22(23)24;10-8(9(11)12)6-7-4-2-1-3-5-7/h3-4,6-7,9-10,12-13,15-16,18-19H,2,5,8,11,14,17,20-21H2,1H3,(H,23,24);1-5,8H,6,10H2,(H,11,12)/b4-3-,7-6-,10-9-,13-12-,16-15-,19-18-;. The molecule has 0 aliphatic heterocycles. The van der Waals surface area contributed by atoms with Gasteiger partial charge >= 0.3 is 11.9 Å². The zero-order valence-electron chi connectivity index (χ0n) is 21.5. The van der Waals surface area contributed by atoms with Crippen molar-refractivity contribution >= 4 is 11.9 Å². The largest absolute Gasteiger partial charge is 0.481 e. The van der Waals surface area contributed by atoms with Crippen LogP contribution in [-0.2, 0) is 16.0 Å². The Labute approximate surface area is 217 Å². The first-order valence-electron chi connectivity index (χ1n) is 12.6. The van der Waals surface area contributed by atoms with E-state index in [0.29, 0.717) is 12.8 Å². The van der Waals surface area contributed by atoms with E-state index in [9.17, 15) is 9.59 Å². The Balaban J connectivity index is 0.000000846. The zero-order valence-corrected chi connectivity index (χ0v) is 21.5. The molecule has 0 bridgehead atoms. The highest BCUT2D eigenvalue weighted by Crippen LogP contribution is 2.01. The monoisotopic (exact) mass is 493 g/mol. The average molecular weight is 494 g/mol. The molecule has 1 rings (SSSR count). The van der Waals surface area contributed by atoms with Crippen molar-refractivity contribution in [3.8, 4) is 0 Å². The van der Waals surface area contributed by atoms with Crippen molar-refractivity contribution in [1.82, 2.24) is 0 Å². The molecule has 0 fully saturated rings. The third kappa shape index (κ3) is 23.7. The van der Waals surface area contributed by atoms with E-state index in [1.54, 1.807) is 0 Å². The molecule has 0 amide bonds.